The molecular weight excluding hydrogens is 561 g/mol. The first-order chi connectivity index (χ1) is 20.9. The van der Waals surface area contributed by atoms with Crippen LogP contribution in [0.1, 0.15) is 181 Å². The highest BCUT2D eigenvalue weighted by Gasteiger charge is 2.25. The number of aliphatic hydroxyl groups excluding tert-OH is 1. The minimum atomic E-state index is -4.21. The Morgan fingerprint density at radius 2 is 1.09 bits per heavy atom. The maximum atomic E-state index is 12.6. The molecule has 1 unspecified atom stereocenters. The largest absolute Gasteiger partial charge is 0.471 e. The number of phosphoric acid groups is 1. The van der Waals surface area contributed by atoms with E-state index in [1.165, 1.54) is 128 Å². The molecule has 0 aliphatic rings. The van der Waals surface area contributed by atoms with E-state index in [4.69, 9.17) is 4.52 Å². The van der Waals surface area contributed by atoms with Crippen LogP contribution in [0.5, 0.6) is 0 Å². The molecule has 43 heavy (non-hydrogen) atoms. The summed E-state index contributed by atoms with van der Waals surface area (Å²) in [6, 6.07) is -0.821. The molecule has 0 rings (SSSR count). The molecule has 1 amide bonds. The molecule has 0 aromatic heterocycles. The molecule has 3 atom stereocenters. The molecule has 0 aliphatic heterocycles. The van der Waals surface area contributed by atoms with Gasteiger partial charge in [-0.3, -0.25) is 13.8 Å². The summed E-state index contributed by atoms with van der Waals surface area (Å²) in [6.45, 7) is 4.19. The average molecular weight is 632 g/mol. The number of rotatable bonds is 33. The second kappa shape index (κ2) is 31.3. The molecule has 0 aliphatic carbocycles. The van der Waals surface area contributed by atoms with Gasteiger partial charge < -0.3 is 15.3 Å². The van der Waals surface area contributed by atoms with Crippen LogP contribution in [0, 0.1) is 0 Å². The van der Waals surface area contributed by atoms with Crippen molar-refractivity contribution in [3.63, 3.8) is 0 Å². The number of nitrogens with one attached hydrogen (secondary N) is 1. The molecular formula is C35H70NO6P. The minimum Gasteiger partial charge on any atom is -0.387 e. The molecule has 0 bridgehead atoms. The van der Waals surface area contributed by atoms with Gasteiger partial charge in [0.15, 0.2) is 0 Å². The van der Waals surface area contributed by atoms with Gasteiger partial charge in [-0.1, -0.05) is 167 Å². The number of unbranched alkanes of at least 4 members (excludes halogenated alkanes) is 23. The third-order valence-corrected chi connectivity index (χ3v) is 9.16. The molecule has 0 aromatic rings. The summed E-state index contributed by atoms with van der Waals surface area (Å²) in [7, 11) is -3.12. The summed E-state index contributed by atoms with van der Waals surface area (Å²) in [5.41, 5.74) is 0. The van der Waals surface area contributed by atoms with E-state index in [1.54, 1.807) is 6.08 Å². The van der Waals surface area contributed by atoms with E-state index in [-0.39, 0.29) is 12.5 Å². The van der Waals surface area contributed by atoms with Gasteiger partial charge in [0, 0.05) is 13.5 Å². The van der Waals surface area contributed by atoms with Crippen LogP contribution in [-0.4, -0.2) is 41.8 Å². The van der Waals surface area contributed by atoms with Gasteiger partial charge in [-0.15, -0.1) is 0 Å². The van der Waals surface area contributed by atoms with Crippen molar-refractivity contribution < 1.29 is 28.4 Å². The highest BCUT2D eigenvalue weighted by atomic mass is 31.2. The van der Waals surface area contributed by atoms with E-state index in [2.05, 4.69) is 23.7 Å². The zero-order chi connectivity index (χ0) is 31.9. The highest BCUT2D eigenvalue weighted by Crippen LogP contribution is 2.42. The lowest BCUT2D eigenvalue weighted by Crippen LogP contribution is -2.45. The first-order valence-electron chi connectivity index (χ1n) is 18.0. The summed E-state index contributed by atoms with van der Waals surface area (Å²) < 4.78 is 21.3. The Morgan fingerprint density at radius 1 is 0.698 bits per heavy atom. The van der Waals surface area contributed by atoms with Crippen molar-refractivity contribution in [3.05, 3.63) is 12.2 Å². The Morgan fingerprint density at radius 3 is 1.51 bits per heavy atom. The molecule has 0 radical (unpaired) electrons. The summed E-state index contributed by atoms with van der Waals surface area (Å²) in [6.07, 6.45) is 34.1. The predicted octanol–water partition coefficient (Wildman–Crippen LogP) is 10.3. The zero-order valence-electron chi connectivity index (χ0n) is 28.4. The molecule has 0 aromatic carbocycles. The van der Waals surface area contributed by atoms with Crippen molar-refractivity contribution in [1.82, 2.24) is 5.32 Å². The van der Waals surface area contributed by atoms with Crippen molar-refractivity contribution >= 4 is 13.7 Å². The van der Waals surface area contributed by atoms with Crippen molar-refractivity contribution in [2.45, 2.75) is 193 Å². The standard InChI is InChI=1S/C35H70NO6P/c1-4-6-8-10-12-14-16-18-20-22-24-26-28-30-34(37)33(32-42-43(39,40)41-3)36-35(38)31-29-27-25-23-21-19-17-15-13-11-9-7-5-2/h28,30,33-34,37H,4-27,29,31-32H2,1-3H3,(H,36,38)(H,39,40)/b30-28+/t33-,34+/m0/s1. The fourth-order valence-electron chi connectivity index (χ4n) is 5.33. The number of aliphatic hydroxyl groups is 1. The lowest BCUT2D eigenvalue weighted by molar-refractivity contribution is -0.123. The predicted molar refractivity (Wildman–Crippen MR) is 181 cm³/mol. The van der Waals surface area contributed by atoms with E-state index >= 15 is 0 Å². The van der Waals surface area contributed by atoms with Gasteiger partial charge in [0.05, 0.1) is 18.8 Å². The van der Waals surface area contributed by atoms with Gasteiger partial charge in [0.1, 0.15) is 0 Å². The summed E-state index contributed by atoms with van der Waals surface area (Å²) in [4.78, 5) is 22.2. The fourth-order valence-corrected chi connectivity index (χ4v) is 5.79. The molecule has 0 spiro atoms. The first kappa shape index (κ1) is 42.3. The lowest BCUT2D eigenvalue weighted by atomic mass is 10.0. The Kier molecular flexibility index (Phi) is 30.7. The van der Waals surface area contributed by atoms with Gasteiger partial charge in [-0.25, -0.2) is 4.57 Å². The number of phosphoric ester groups is 1. The molecule has 0 fully saturated rings. The van der Waals surface area contributed by atoms with Gasteiger partial charge in [-0.2, -0.15) is 0 Å². The van der Waals surface area contributed by atoms with Crippen LogP contribution in [0.15, 0.2) is 12.2 Å². The molecule has 0 saturated carbocycles. The van der Waals surface area contributed by atoms with Gasteiger partial charge >= 0.3 is 7.82 Å². The molecule has 3 N–H and O–H groups in total. The van der Waals surface area contributed by atoms with Gasteiger partial charge in [-0.05, 0) is 19.3 Å². The van der Waals surface area contributed by atoms with E-state index in [9.17, 15) is 19.4 Å². The number of carbonyl (C=O) groups excluding carboxylic acids is 1. The van der Waals surface area contributed by atoms with Crippen LogP contribution in [0.4, 0.5) is 0 Å². The summed E-state index contributed by atoms with van der Waals surface area (Å²) in [5.74, 6) is -0.181. The second-order valence-corrected chi connectivity index (χ2v) is 13.9. The highest BCUT2D eigenvalue weighted by molar-refractivity contribution is 7.47. The molecule has 0 heterocycles. The number of amides is 1. The fraction of sp³-hybridized carbons (Fsp3) is 0.914. The number of allylic oxidation sites excluding steroid dienone is 1. The van der Waals surface area contributed by atoms with Crippen molar-refractivity contribution in [3.8, 4) is 0 Å². The Labute approximate surface area is 266 Å². The van der Waals surface area contributed by atoms with Crippen LogP contribution in [0.3, 0.4) is 0 Å². The van der Waals surface area contributed by atoms with Crippen molar-refractivity contribution in [2.24, 2.45) is 0 Å². The molecule has 0 saturated heterocycles. The molecule has 256 valence electrons. The third-order valence-electron chi connectivity index (χ3n) is 8.22. The number of hydrogen-bond donors (Lipinski definition) is 3. The quantitative estimate of drug-likeness (QED) is 0.0378. The van der Waals surface area contributed by atoms with Crippen LogP contribution in [-0.2, 0) is 18.4 Å². The van der Waals surface area contributed by atoms with E-state index in [0.29, 0.717) is 6.42 Å². The van der Waals surface area contributed by atoms with Crippen LogP contribution < -0.4 is 5.32 Å². The SMILES string of the molecule is CCCCCCCCCCCCC/C=C/[C@@H](O)[C@H](COP(=O)(O)OC)NC(=O)CCCCCCCCCCCCCCC. The maximum absolute atomic E-state index is 12.6. The second-order valence-electron chi connectivity index (χ2n) is 12.4. The minimum absolute atomic E-state index is 0.181. The maximum Gasteiger partial charge on any atom is 0.471 e. The normalized spacial score (nSPS) is 14.6. The Bertz CT molecular complexity index is 689. The van der Waals surface area contributed by atoms with Gasteiger partial charge in [0.2, 0.25) is 5.91 Å². The van der Waals surface area contributed by atoms with Crippen LogP contribution >= 0.6 is 7.82 Å². The van der Waals surface area contributed by atoms with Gasteiger partial charge in [0.25, 0.3) is 0 Å². The van der Waals surface area contributed by atoms with E-state index in [0.717, 1.165) is 39.2 Å². The van der Waals surface area contributed by atoms with Crippen molar-refractivity contribution in [2.75, 3.05) is 13.7 Å². The lowest BCUT2D eigenvalue weighted by Gasteiger charge is -2.23. The Hall–Kier alpha value is -0.720. The molecule has 8 heteroatoms. The summed E-state index contributed by atoms with van der Waals surface area (Å²) in [5, 5.41) is 13.5. The van der Waals surface area contributed by atoms with Crippen LogP contribution in [0.2, 0.25) is 0 Å². The summed E-state index contributed by atoms with van der Waals surface area (Å²) >= 11 is 0. The van der Waals surface area contributed by atoms with Crippen LogP contribution in [0.25, 0.3) is 0 Å². The number of hydrogen-bond acceptors (Lipinski definition) is 5. The van der Waals surface area contributed by atoms with Crippen molar-refractivity contribution in [1.29, 1.82) is 0 Å². The Balaban J connectivity index is 4.16. The number of carbonyl (C=O) groups is 1. The third kappa shape index (κ3) is 29.7. The molecule has 7 nitrogen and oxygen atoms in total. The first-order valence-corrected chi connectivity index (χ1v) is 19.5. The monoisotopic (exact) mass is 631 g/mol. The topological polar surface area (TPSA) is 105 Å². The zero-order valence-corrected chi connectivity index (χ0v) is 29.3. The average Bonchev–Trinajstić information content (AvgIpc) is 2.99. The van der Waals surface area contributed by atoms with E-state index in [1.807, 2.05) is 6.08 Å². The van der Waals surface area contributed by atoms with E-state index < -0.39 is 20.0 Å². The smallest absolute Gasteiger partial charge is 0.387 e.